The third-order valence-electron chi connectivity index (χ3n) is 5.16. The summed E-state index contributed by atoms with van der Waals surface area (Å²) in [5.41, 5.74) is 2.88. The Hall–Kier alpha value is -3.46. The molecule has 9 heteroatoms. The van der Waals surface area contributed by atoms with E-state index in [2.05, 4.69) is 15.6 Å². The highest BCUT2D eigenvalue weighted by Crippen LogP contribution is 2.29. The van der Waals surface area contributed by atoms with Crippen molar-refractivity contribution in [2.45, 2.75) is 0 Å². The van der Waals surface area contributed by atoms with Crippen LogP contribution < -0.4 is 10.6 Å². The Morgan fingerprint density at radius 1 is 1.18 bits per heavy atom. The lowest BCUT2D eigenvalue weighted by Gasteiger charge is -2.09. The maximum Gasteiger partial charge on any atom is 0.263 e. The smallest absolute Gasteiger partial charge is 0.263 e. The molecule has 5 rings (SSSR count). The van der Waals surface area contributed by atoms with Crippen LogP contribution in [0.4, 0.5) is 5.69 Å². The second kappa shape index (κ2) is 9.42. The number of aromatic nitrogens is 1. The number of nitrogens with one attached hydrogen (secondary N) is 2. The van der Waals surface area contributed by atoms with Crippen molar-refractivity contribution in [2.75, 3.05) is 11.9 Å². The zero-order valence-corrected chi connectivity index (χ0v) is 19.9. The number of thiocarbonyl (C=S) groups is 1. The zero-order valence-electron chi connectivity index (χ0n) is 17.5. The molecule has 0 saturated carbocycles. The number of carbonyl (C=O) groups excluding carboxylic acids is 2. The lowest BCUT2D eigenvalue weighted by molar-refractivity contribution is -0.115. The molecule has 0 spiro atoms. The van der Waals surface area contributed by atoms with Gasteiger partial charge in [-0.25, -0.2) is 0 Å². The molecule has 4 aromatic rings. The van der Waals surface area contributed by atoms with Gasteiger partial charge in [-0.2, -0.15) is 0 Å². The van der Waals surface area contributed by atoms with E-state index in [-0.39, 0.29) is 18.2 Å². The van der Waals surface area contributed by atoms with Gasteiger partial charge >= 0.3 is 0 Å². The Bertz CT molecular complexity index is 1500. The maximum atomic E-state index is 12.9. The second-order valence-electron chi connectivity index (χ2n) is 7.43. The number of nitrogens with zero attached hydrogens (tertiary/aromatic N) is 1. The number of benzene rings is 2. The van der Waals surface area contributed by atoms with Crippen LogP contribution in [-0.2, 0) is 4.79 Å². The first-order chi connectivity index (χ1) is 16.5. The average Bonchev–Trinajstić information content (AvgIpc) is 3.43. The van der Waals surface area contributed by atoms with Gasteiger partial charge in [-0.3, -0.25) is 14.6 Å². The van der Waals surface area contributed by atoms with Gasteiger partial charge in [-0.1, -0.05) is 53.8 Å². The number of hydrogen-bond donors (Lipinski definition) is 2. The van der Waals surface area contributed by atoms with Gasteiger partial charge in [0.2, 0.25) is 0 Å². The quantitative estimate of drug-likeness (QED) is 0.191. The van der Waals surface area contributed by atoms with Crippen molar-refractivity contribution in [3.8, 4) is 11.3 Å². The van der Waals surface area contributed by atoms with Crippen LogP contribution in [0.3, 0.4) is 0 Å². The molecule has 0 aliphatic carbocycles. The van der Waals surface area contributed by atoms with Crippen molar-refractivity contribution in [1.29, 1.82) is 0 Å². The number of halogens is 1. The molecule has 168 valence electrons. The lowest BCUT2D eigenvalue weighted by atomic mass is 10.1. The number of rotatable bonds is 6. The summed E-state index contributed by atoms with van der Waals surface area (Å²) in [5.74, 6) is 0.818. The summed E-state index contributed by atoms with van der Waals surface area (Å²) in [6.45, 7) is 0.118. The molecule has 0 bridgehead atoms. The molecule has 1 fully saturated rings. The minimum Gasteiger partial charge on any atom is -0.457 e. The van der Waals surface area contributed by atoms with E-state index in [0.717, 1.165) is 22.2 Å². The van der Waals surface area contributed by atoms with E-state index in [1.165, 1.54) is 11.8 Å². The van der Waals surface area contributed by atoms with Gasteiger partial charge in [0.1, 0.15) is 15.8 Å². The summed E-state index contributed by atoms with van der Waals surface area (Å²) in [6, 6.07) is 18.1. The van der Waals surface area contributed by atoms with E-state index in [0.29, 0.717) is 31.3 Å². The third kappa shape index (κ3) is 4.75. The first-order valence-electron chi connectivity index (χ1n) is 10.2. The van der Waals surface area contributed by atoms with Crippen LogP contribution >= 0.6 is 35.6 Å². The Balaban J connectivity index is 1.31. The largest absolute Gasteiger partial charge is 0.457 e. The number of ketones is 1. The summed E-state index contributed by atoms with van der Waals surface area (Å²) >= 11 is 12.3. The molecular formula is C25H16ClN3O3S2. The standard InChI is InChI=1S/C25H16ClN3O3S2/c26-16-4-6-18-19(8-9-27-20(18)11-16)28-13-21(30)14-2-1-3-15(10-14)22-7-5-17(32-22)12-23-24(31)29-25(33)34-23/h1-12H,13H2,(H,27,28)(H,29,31,33)/b23-12-. The molecule has 1 aliphatic heterocycles. The molecule has 2 N–H and O–H groups in total. The van der Waals surface area contributed by atoms with Gasteiger partial charge in [-0.05, 0) is 42.5 Å². The monoisotopic (exact) mass is 505 g/mol. The van der Waals surface area contributed by atoms with Gasteiger partial charge in [0.25, 0.3) is 5.91 Å². The van der Waals surface area contributed by atoms with Crippen molar-refractivity contribution in [3.63, 3.8) is 0 Å². The van der Waals surface area contributed by atoms with E-state index in [1.807, 2.05) is 24.3 Å². The Morgan fingerprint density at radius 3 is 2.88 bits per heavy atom. The van der Waals surface area contributed by atoms with Gasteiger partial charge in [0.15, 0.2) is 5.78 Å². The maximum absolute atomic E-state index is 12.9. The van der Waals surface area contributed by atoms with E-state index in [1.54, 1.807) is 48.7 Å². The highest BCUT2D eigenvalue weighted by molar-refractivity contribution is 8.26. The number of hydrogen-bond acceptors (Lipinski definition) is 7. The topological polar surface area (TPSA) is 84.2 Å². The van der Waals surface area contributed by atoms with Crippen LogP contribution in [0.2, 0.25) is 5.02 Å². The summed E-state index contributed by atoms with van der Waals surface area (Å²) in [5, 5.41) is 7.27. The molecule has 6 nitrogen and oxygen atoms in total. The highest BCUT2D eigenvalue weighted by atomic mass is 35.5. The van der Waals surface area contributed by atoms with Crippen LogP contribution in [0.15, 0.2) is 76.2 Å². The number of pyridine rings is 1. The summed E-state index contributed by atoms with van der Waals surface area (Å²) < 4.78 is 6.30. The highest BCUT2D eigenvalue weighted by Gasteiger charge is 2.22. The molecule has 2 aromatic carbocycles. The lowest BCUT2D eigenvalue weighted by Crippen LogP contribution is -2.17. The fourth-order valence-electron chi connectivity index (χ4n) is 3.53. The molecule has 3 heterocycles. The fourth-order valence-corrected chi connectivity index (χ4v) is 4.73. The number of carbonyl (C=O) groups is 2. The summed E-state index contributed by atoms with van der Waals surface area (Å²) in [6.07, 6.45) is 3.32. The molecule has 1 aliphatic rings. The number of anilines is 1. The van der Waals surface area contributed by atoms with Crippen molar-refractivity contribution in [3.05, 3.63) is 88.1 Å². The summed E-state index contributed by atoms with van der Waals surface area (Å²) in [4.78, 5) is 29.5. The Morgan fingerprint density at radius 2 is 2.06 bits per heavy atom. The van der Waals surface area contributed by atoms with Crippen LogP contribution in [0.1, 0.15) is 16.1 Å². The molecule has 0 unspecified atom stereocenters. The van der Waals surface area contributed by atoms with Crippen LogP contribution in [-0.4, -0.2) is 27.5 Å². The zero-order chi connectivity index (χ0) is 23.7. The number of Topliss-reactive ketones (excluding diaryl/α,β-unsaturated/α-hetero) is 1. The molecule has 34 heavy (non-hydrogen) atoms. The number of thioether (sulfide) groups is 1. The normalized spacial score (nSPS) is 14.6. The van der Waals surface area contributed by atoms with Crippen LogP contribution in [0.5, 0.6) is 0 Å². The van der Waals surface area contributed by atoms with Crippen molar-refractivity contribution in [2.24, 2.45) is 0 Å². The number of furan rings is 1. The predicted molar refractivity (Wildman–Crippen MR) is 140 cm³/mol. The van der Waals surface area contributed by atoms with Crippen molar-refractivity contribution >= 4 is 74.3 Å². The first-order valence-corrected chi connectivity index (χ1v) is 11.8. The van der Waals surface area contributed by atoms with E-state index in [9.17, 15) is 9.59 Å². The van der Waals surface area contributed by atoms with Crippen molar-refractivity contribution in [1.82, 2.24) is 10.3 Å². The van der Waals surface area contributed by atoms with Crippen LogP contribution in [0, 0.1) is 0 Å². The Labute approximate surface area is 209 Å². The average molecular weight is 506 g/mol. The molecule has 2 aromatic heterocycles. The van der Waals surface area contributed by atoms with Crippen LogP contribution in [0.25, 0.3) is 28.3 Å². The molecule has 1 amide bonds. The summed E-state index contributed by atoms with van der Waals surface area (Å²) in [7, 11) is 0. The molecule has 1 saturated heterocycles. The van der Waals surface area contributed by atoms with Crippen molar-refractivity contribution < 1.29 is 14.0 Å². The van der Waals surface area contributed by atoms with E-state index < -0.39 is 0 Å². The number of fused-ring (bicyclic) bond motifs is 1. The van der Waals surface area contributed by atoms with Gasteiger partial charge in [0, 0.05) is 39.5 Å². The second-order valence-corrected chi connectivity index (χ2v) is 9.59. The first kappa shape index (κ1) is 22.3. The SMILES string of the molecule is O=C1NC(=S)S/C1=C\c1ccc(-c2cccc(C(=O)CNc3ccnc4cc(Cl)ccc34)c2)o1. The van der Waals surface area contributed by atoms with Gasteiger partial charge in [-0.15, -0.1) is 0 Å². The fraction of sp³-hybridized carbons (Fsp3) is 0.0400. The Kier molecular flexibility index (Phi) is 6.19. The molecular weight excluding hydrogens is 490 g/mol. The van der Waals surface area contributed by atoms with Gasteiger partial charge in [0.05, 0.1) is 17.0 Å². The predicted octanol–water partition coefficient (Wildman–Crippen LogP) is 5.93. The molecule has 0 radical (unpaired) electrons. The minimum absolute atomic E-state index is 0.0674. The third-order valence-corrected chi connectivity index (χ3v) is 6.55. The molecule has 0 atom stereocenters. The van der Waals surface area contributed by atoms with Gasteiger partial charge < -0.3 is 15.1 Å². The number of amides is 1. The van der Waals surface area contributed by atoms with E-state index in [4.69, 9.17) is 28.2 Å². The van der Waals surface area contributed by atoms with E-state index >= 15 is 0 Å². The minimum atomic E-state index is -0.238.